The summed E-state index contributed by atoms with van der Waals surface area (Å²) in [7, 11) is 3.09. The van der Waals surface area contributed by atoms with Crippen molar-refractivity contribution in [3.8, 4) is 23.0 Å². The average molecular weight is 314 g/mol. The van der Waals surface area contributed by atoms with Gasteiger partial charge >= 0.3 is 5.97 Å². The average Bonchev–Trinajstić information content (AvgIpc) is 3.18. The molecule has 0 saturated heterocycles. The molecule has 2 aliphatic heterocycles. The molecule has 0 radical (unpaired) electrons. The topological polar surface area (TPSA) is 63.2 Å². The molecule has 118 valence electrons. The van der Waals surface area contributed by atoms with Gasteiger partial charge in [-0.3, -0.25) is 0 Å². The van der Waals surface area contributed by atoms with E-state index in [0.29, 0.717) is 28.4 Å². The molecule has 1 atom stereocenters. The highest BCUT2D eigenvalue weighted by atomic mass is 16.7. The third-order valence-electron chi connectivity index (χ3n) is 3.98. The zero-order valence-corrected chi connectivity index (χ0v) is 12.6. The molecule has 0 spiro atoms. The van der Waals surface area contributed by atoms with Gasteiger partial charge in [0, 0.05) is 5.56 Å². The minimum absolute atomic E-state index is 0.108. The number of hydrogen-bond donors (Lipinski definition) is 0. The van der Waals surface area contributed by atoms with Crippen LogP contribution in [0.15, 0.2) is 30.3 Å². The number of ether oxygens (including phenoxy) is 5. The van der Waals surface area contributed by atoms with Crippen LogP contribution in [-0.4, -0.2) is 27.0 Å². The second-order valence-electron chi connectivity index (χ2n) is 5.17. The molecule has 0 aliphatic carbocycles. The van der Waals surface area contributed by atoms with E-state index in [9.17, 15) is 4.79 Å². The van der Waals surface area contributed by atoms with Crippen molar-refractivity contribution >= 4 is 5.97 Å². The Hall–Kier alpha value is -2.89. The molecule has 0 N–H and O–H groups in total. The maximum absolute atomic E-state index is 12.3. The van der Waals surface area contributed by atoms with Crippen molar-refractivity contribution in [2.75, 3.05) is 21.0 Å². The van der Waals surface area contributed by atoms with E-state index in [2.05, 4.69) is 0 Å². The fraction of sp³-hybridized carbons (Fsp3) is 0.235. The predicted molar refractivity (Wildman–Crippen MR) is 79.4 cm³/mol. The van der Waals surface area contributed by atoms with Crippen molar-refractivity contribution in [2.24, 2.45) is 0 Å². The number of cyclic esters (lactones) is 1. The first-order valence-electron chi connectivity index (χ1n) is 7.08. The van der Waals surface area contributed by atoms with Crippen LogP contribution in [0.3, 0.4) is 0 Å². The normalized spacial score (nSPS) is 17.7. The van der Waals surface area contributed by atoms with Crippen LogP contribution in [0.5, 0.6) is 23.0 Å². The number of carbonyl (C=O) groups is 1. The Kier molecular flexibility index (Phi) is 3.04. The van der Waals surface area contributed by atoms with Crippen LogP contribution in [0, 0.1) is 0 Å². The lowest BCUT2D eigenvalue weighted by Gasteiger charge is -2.13. The van der Waals surface area contributed by atoms with Gasteiger partial charge in [-0.25, -0.2) is 4.79 Å². The maximum Gasteiger partial charge on any atom is 0.343 e. The summed E-state index contributed by atoms with van der Waals surface area (Å²) in [6.45, 7) is 0.108. The fourth-order valence-electron chi connectivity index (χ4n) is 2.90. The molecular weight excluding hydrogens is 300 g/mol. The summed E-state index contributed by atoms with van der Waals surface area (Å²) in [4.78, 5) is 12.3. The van der Waals surface area contributed by atoms with Gasteiger partial charge in [0.2, 0.25) is 12.5 Å². The van der Waals surface area contributed by atoms with Gasteiger partial charge in [0.15, 0.2) is 17.6 Å². The quantitative estimate of drug-likeness (QED) is 0.812. The van der Waals surface area contributed by atoms with E-state index in [1.165, 1.54) is 7.11 Å². The third kappa shape index (κ3) is 1.98. The molecular formula is C17H14O6. The van der Waals surface area contributed by atoms with Gasteiger partial charge in [-0.15, -0.1) is 0 Å². The molecule has 6 heteroatoms. The highest BCUT2D eigenvalue weighted by molar-refractivity contribution is 5.99. The Morgan fingerprint density at radius 3 is 2.57 bits per heavy atom. The number of rotatable bonds is 3. The number of hydrogen-bond acceptors (Lipinski definition) is 6. The number of esters is 1. The lowest BCUT2D eigenvalue weighted by molar-refractivity contribution is 0.0453. The van der Waals surface area contributed by atoms with Crippen LogP contribution in [0.25, 0.3) is 0 Å². The van der Waals surface area contributed by atoms with Crippen LogP contribution in [-0.2, 0) is 4.74 Å². The number of carbonyl (C=O) groups excluding carboxylic acids is 1. The molecule has 2 aromatic rings. The molecule has 0 aromatic heterocycles. The summed E-state index contributed by atoms with van der Waals surface area (Å²) in [6.07, 6.45) is -0.508. The molecule has 2 aromatic carbocycles. The highest BCUT2D eigenvalue weighted by Crippen LogP contribution is 2.50. The Labute approximate surface area is 132 Å². The van der Waals surface area contributed by atoms with Crippen LogP contribution in [0.1, 0.15) is 27.6 Å². The van der Waals surface area contributed by atoms with E-state index in [4.69, 9.17) is 23.7 Å². The molecule has 0 fully saturated rings. The van der Waals surface area contributed by atoms with Gasteiger partial charge in [-0.2, -0.15) is 0 Å². The largest absolute Gasteiger partial charge is 0.497 e. The molecule has 0 unspecified atom stereocenters. The summed E-state index contributed by atoms with van der Waals surface area (Å²) in [6, 6.07) is 9.16. The second-order valence-corrected chi connectivity index (χ2v) is 5.17. The van der Waals surface area contributed by atoms with Crippen molar-refractivity contribution in [2.45, 2.75) is 6.10 Å². The summed E-state index contributed by atoms with van der Waals surface area (Å²) in [5.41, 5.74) is 1.94. The van der Waals surface area contributed by atoms with Crippen molar-refractivity contribution in [1.29, 1.82) is 0 Å². The molecule has 4 rings (SSSR count). The zero-order chi connectivity index (χ0) is 16.0. The first kappa shape index (κ1) is 13.8. The summed E-state index contributed by atoms with van der Waals surface area (Å²) >= 11 is 0. The van der Waals surface area contributed by atoms with E-state index in [-0.39, 0.29) is 6.79 Å². The van der Waals surface area contributed by atoms with Gasteiger partial charge in [-0.05, 0) is 23.8 Å². The number of benzene rings is 2. The van der Waals surface area contributed by atoms with Crippen LogP contribution in [0.2, 0.25) is 0 Å². The minimum Gasteiger partial charge on any atom is -0.497 e. The molecule has 2 aliphatic rings. The summed E-state index contributed by atoms with van der Waals surface area (Å²) in [5.74, 6) is 1.66. The van der Waals surface area contributed by atoms with Crippen LogP contribution < -0.4 is 18.9 Å². The highest BCUT2D eigenvalue weighted by Gasteiger charge is 2.39. The van der Waals surface area contributed by atoms with Gasteiger partial charge in [0.1, 0.15) is 11.3 Å². The first-order valence-corrected chi connectivity index (χ1v) is 7.08. The zero-order valence-electron chi connectivity index (χ0n) is 12.6. The first-order chi connectivity index (χ1) is 11.2. The fourth-order valence-corrected chi connectivity index (χ4v) is 2.90. The molecule has 0 bridgehead atoms. The van der Waals surface area contributed by atoms with Gasteiger partial charge in [-0.1, -0.05) is 12.1 Å². The number of methoxy groups -OCH3 is 2. The molecule has 2 heterocycles. The lowest BCUT2D eigenvalue weighted by atomic mass is 9.97. The van der Waals surface area contributed by atoms with E-state index in [1.807, 2.05) is 24.3 Å². The maximum atomic E-state index is 12.3. The Morgan fingerprint density at radius 1 is 1.09 bits per heavy atom. The van der Waals surface area contributed by atoms with E-state index in [1.54, 1.807) is 13.2 Å². The van der Waals surface area contributed by atoms with Gasteiger partial charge in [0.25, 0.3) is 0 Å². The van der Waals surface area contributed by atoms with E-state index < -0.39 is 12.1 Å². The van der Waals surface area contributed by atoms with Gasteiger partial charge in [0.05, 0.1) is 14.2 Å². The van der Waals surface area contributed by atoms with Crippen molar-refractivity contribution in [1.82, 2.24) is 0 Å². The Bertz CT molecular complexity index is 781. The molecule has 23 heavy (non-hydrogen) atoms. The smallest absolute Gasteiger partial charge is 0.343 e. The summed E-state index contributed by atoms with van der Waals surface area (Å²) in [5, 5.41) is 0. The standard InChI is InChI=1S/C17H14O6/c1-19-10-5-3-9(4-6-10)14-11-7-12-15(22-8-21-12)16(20-2)13(11)17(18)23-14/h3-7,14H,8H2,1-2H3/t14-/m0/s1. The molecule has 0 saturated carbocycles. The van der Waals surface area contributed by atoms with E-state index in [0.717, 1.165) is 11.3 Å². The van der Waals surface area contributed by atoms with Crippen LogP contribution >= 0.6 is 0 Å². The molecule has 0 amide bonds. The Balaban J connectivity index is 1.84. The summed E-state index contributed by atoms with van der Waals surface area (Å²) < 4.78 is 26.9. The Morgan fingerprint density at radius 2 is 1.87 bits per heavy atom. The monoisotopic (exact) mass is 314 g/mol. The SMILES string of the molecule is COc1ccc([C@@H]2OC(=O)c3c2cc2c(c3OC)OCO2)cc1. The second kappa shape index (κ2) is 5.08. The van der Waals surface area contributed by atoms with Gasteiger partial charge < -0.3 is 23.7 Å². The number of fused-ring (bicyclic) bond motifs is 2. The lowest BCUT2D eigenvalue weighted by Crippen LogP contribution is -2.01. The predicted octanol–water partition coefficient (Wildman–Crippen LogP) is 2.69. The van der Waals surface area contributed by atoms with Crippen molar-refractivity contribution in [3.05, 3.63) is 47.0 Å². The van der Waals surface area contributed by atoms with Crippen molar-refractivity contribution < 1.29 is 28.5 Å². The van der Waals surface area contributed by atoms with E-state index >= 15 is 0 Å². The third-order valence-corrected chi connectivity index (χ3v) is 3.98. The minimum atomic E-state index is -0.508. The molecule has 6 nitrogen and oxygen atoms in total. The van der Waals surface area contributed by atoms with Crippen molar-refractivity contribution in [3.63, 3.8) is 0 Å². The van der Waals surface area contributed by atoms with Crippen LogP contribution in [0.4, 0.5) is 0 Å².